The van der Waals surface area contributed by atoms with Gasteiger partial charge < -0.3 is 4.74 Å². The predicted octanol–water partition coefficient (Wildman–Crippen LogP) is 2.90. The lowest BCUT2D eigenvalue weighted by molar-refractivity contribution is -0.150. The van der Waals surface area contributed by atoms with E-state index >= 15 is 0 Å². The molecule has 8 heteroatoms. The van der Waals surface area contributed by atoms with Crippen LogP contribution in [0.1, 0.15) is 26.2 Å². The van der Waals surface area contributed by atoms with Crippen molar-refractivity contribution in [1.29, 1.82) is 0 Å². The van der Waals surface area contributed by atoms with E-state index in [0.29, 0.717) is 25.4 Å². The fraction of sp³-hybridized carbons (Fsp3) is 0.500. The molecule has 0 aromatic heterocycles. The van der Waals surface area contributed by atoms with Gasteiger partial charge in [0, 0.05) is 6.54 Å². The summed E-state index contributed by atoms with van der Waals surface area (Å²) in [5.41, 5.74) is 0.301. The Labute approximate surface area is 162 Å². The van der Waals surface area contributed by atoms with Gasteiger partial charge in [0.2, 0.25) is 5.91 Å². The number of nitrogens with zero attached hydrogens (tertiary/aromatic N) is 2. The number of hydrogen-bond donors (Lipinski definition) is 0. The first-order chi connectivity index (χ1) is 12.4. The number of hydrogen-bond acceptors (Lipinski definition) is 5. The molecule has 0 radical (unpaired) electrons. The topological polar surface area (TPSA) is 66.9 Å². The van der Waals surface area contributed by atoms with E-state index in [1.165, 1.54) is 0 Å². The number of ether oxygens (including phenoxy) is 1. The first-order valence-corrected chi connectivity index (χ1v) is 9.41. The first-order valence-electron chi connectivity index (χ1n) is 8.65. The highest BCUT2D eigenvalue weighted by Gasteiger charge is 2.45. The molecular weight excluding hydrogens is 379 g/mol. The van der Waals surface area contributed by atoms with Crippen LogP contribution in [0.25, 0.3) is 0 Å². The molecule has 0 unspecified atom stereocenters. The van der Waals surface area contributed by atoms with Crippen LogP contribution >= 0.6 is 23.2 Å². The van der Waals surface area contributed by atoms with Gasteiger partial charge in [-0.1, -0.05) is 29.3 Å². The zero-order valence-electron chi connectivity index (χ0n) is 14.4. The van der Waals surface area contributed by atoms with Crippen molar-refractivity contribution in [1.82, 2.24) is 4.90 Å². The third kappa shape index (κ3) is 3.59. The van der Waals surface area contributed by atoms with Crippen LogP contribution in [0.4, 0.5) is 5.69 Å². The Bertz CT molecular complexity index is 740. The van der Waals surface area contributed by atoms with Gasteiger partial charge in [-0.2, -0.15) is 0 Å². The van der Waals surface area contributed by atoms with Gasteiger partial charge >= 0.3 is 5.97 Å². The normalized spacial score (nSPS) is 24.2. The maximum absolute atomic E-state index is 12.9. The van der Waals surface area contributed by atoms with Crippen molar-refractivity contribution in [2.75, 3.05) is 24.6 Å². The Morgan fingerprint density at radius 3 is 2.81 bits per heavy atom. The Morgan fingerprint density at radius 1 is 1.31 bits per heavy atom. The second kappa shape index (κ2) is 7.94. The number of likely N-dealkylation sites (tertiary alicyclic amines) is 1. The molecule has 2 aliphatic heterocycles. The highest BCUT2D eigenvalue weighted by atomic mass is 35.5. The lowest BCUT2D eigenvalue weighted by Gasteiger charge is -2.34. The molecule has 2 atom stereocenters. The molecule has 0 bridgehead atoms. The van der Waals surface area contributed by atoms with Crippen LogP contribution < -0.4 is 4.90 Å². The minimum Gasteiger partial charge on any atom is -0.466 e. The molecule has 0 aliphatic carbocycles. The Morgan fingerprint density at radius 2 is 2.08 bits per heavy atom. The van der Waals surface area contributed by atoms with Crippen LogP contribution in [0.3, 0.4) is 0 Å². The summed E-state index contributed by atoms with van der Waals surface area (Å²) in [6.07, 6.45) is 1.57. The standard InChI is InChI=1S/C18H20Cl2N2O4/c1-2-26-18(25)11-5-4-8-21(10-11)14-9-15(23)22(17(14)24)13-7-3-6-12(19)16(13)20/h3,6-7,11,14H,2,4-5,8-10H2,1H3/t11-,14+/m0/s1. The Balaban J connectivity index is 1.78. The van der Waals surface area contributed by atoms with Gasteiger partial charge in [0.25, 0.3) is 5.91 Å². The number of piperidine rings is 1. The maximum atomic E-state index is 12.9. The van der Waals surface area contributed by atoms with E-state index in [-0.39, 0.29) is 40.2 Å². The molecule has 26 heavy (non-hydrogen) atoms. The van der Waals surface area contributed by atoms with Crippen LogP contribution in [0, 0.1) is 5.92 Å². The van der Waals surface area contributed by atoms with Crippen LogP contribution in [-0.2, 0) is 19.1 Å². The highest BCUT2D eigenvalue weighted by Crippen LogP contribution is 2.36. The van der Waals surface area contributed by atoms with Crippen molar-refractivity contribution in [3.8, 4) is 0 Å². The minimum atomic E-state index is -0.588. The van der Waals surface area contributed by atoms with E-state index in [9.17, 15) is 14.4 Å². The van der Waals surface area contributed by atoms with Crippen molar-refractivity contribution < 1.29 is 19.1 Å². The molecule has 2 aliphatic rings. The largest absolute Gasteiger partial charge is 0.466 e. The summed E-state index contributed by atoms with van der Waals surface area (Å²) in [7, 11) is 0. The number of rotatable bonds is 4. The first kappa shape index (κ1) is 19.1. The number of amides is 2. The van der Waals surface area contributed by atoms with Crippen molar-refractivity contribution in [3.05, 3.63) is 28.2 Å². The molecule has 3 rings (SSSR count). The second-order valence-corrected chi connectivity index (χ2v) is 7.23. The number of carbonyl (C=O) groups is 3. The molecule has 2 fully saturated rings. The van der Waals surface area contributed by atoms with Crippen molar-refractivity contribution >= 4 is 46.7 Å². The number of benzene rings is 1. The van der Waals surface area contributed by atoms with E-state index in [1.54, 1.807) is 25.1 Å². The summed E-state index contributed by atoms with van der Waals surface area (Å²) in [6, 6.07) is 4.26. The summed E-state index contributed by atoms with van der Waals surface area (Å²) in [4.78, 5) is 40.5. The van der Waals surface area contributed by atoms with Gasteiger partial charge in [0.1, 0.15) is 0 Å². The zero-order valence-corrected chi connectivity index (χ0v) is 15.9. The van der Waals surface area contributed by atoms with Crippen LogP contribution in [0.15, 0.2) is 18.2 Å². The molecule has 140 valence electrons. The summed E-state index contributed by atoms with van der Waals surface area (Å²) >= 11 is 12.2. The van der Waals surface area contributed by atoms with Crippen molar-refractivity contribution in [3.63, 3.8) is 0 Å². The summed E-state index contributed by atoms with van der Waals surface area (Å²) in [6.45, 7) is 3.18. The fourth-order valence-corrected chi connectivity index (χ4v) is 3.94. The van der Waals surface area contributed by atoms with Crippen LogP contribution in [0.5, 0.6) is 0 Å². The Hall–Kier alpha value is -1.63. The SMILES string of the molecule is CCOC(=O)[C@H]1CCCN([C@@H]2CC(=O)N(c3cccc(Cl)c3Cl)C2=O)C1. The molecule has 2 heterocycles. The van der Waals surface area contributed by atoms with Gasteiger partial charge in [-0.15, -0.1) is 0 Å². The van der Waals surface area contributed by atoms with E-state index in [0.717, 1.165) is 17.7 Å². The average molecular weight is 399 g/mol. The molecule has 2 amide bonds. The number of imide groups is 1. The monoisotopic (exact) mass is 398 g/mol. The van der Waals surface area contributed by atoms with Gasteiger partial charge in [0.05, 0.1) is 40.7 Å². The molecule has 6 nitrogen and oxygen atoms in total. The highest BCUT2D eigenvalue weighted by molar-refractivity contribution is 6.44. The molecular formula is C18H20Cl2N2O4. The number of carbonyl (C=O) groups excluding carboxylic acids is 3. The van der Waals surface area contributed by atoms with Crippen molar-refractivity contribution in [2.24, 2.45) is 5.92 Å². The smallest absolute Gasteiger partial charge is 0.310 e. The second-order valence-electron chi connectivity index (χ2n) is 6.45. The fourth-order valence-electron chi connectivity index (χ4n) is 3.56. The molecule has 0 spiro atoms. The zero-order chi connectivity index (χ0) is 18.8. The number of halogens is 2. The molecule has 1 aromatic rings. The third-order valence-corrected chi connectivity index (χ3v) is 5.62. The molecule has 0 N–H and O–H groups in total. The molecule has 0 saturated carbocycles. The van der Waals surface area contributed by atoms with Crippen LogP contribution in [0.2, 0.25) is 10.0 Å². The molecule has 2 saturated heterocycles. The number of esters is 1. The lowest BCUT2D eigenvalue weighted by Crippen LogP contribution is -2.48. The van der Waals surface area contributed by atoms with Gasteiger partial charge in [-0.05, 0) is 38.4 Å². The van der Waals surface area contributed by atoms with Gasteiger partial charge in [0.15, 0.2) is 0 Å². The van der Waals surface area contributed by atoms with E-state index in [1.807, 2.05) is 4.90 Å². The van der Waals surface area contributed by atoms with Gasteiger partial charge in [-0.3, -0.25) is 19.3 Å². The number of anilines is 1. The predicted molar refractivity (Wildman–Crippen MR) is 98.3 cm³/mol. The Kier molecular flexibility index (Phi) is 5.85. The van der Waals surface area contributed by atoms with Crippen LogP contribution in [-0.4, -0.2) is 48.4 Å². The quantitative estimate of drug-likeness (QED) is 0.576. The maximum Gasteiger partial charge on any atom is 0.310 e. The van der Waals surface area contributed by atoms with Gasteiger partial charge in [-0.25, -0.2) is 4.90 Å². The van der Waals surface area contributed by atoms with E-state index in [4.69, 9.17) is 27.9 Å². The van der Waals surface area contributed by atoms with Crippen molar-refractivity contribution in [2.45, 2.75) is 32.2 Å². The summed E-state index contributed by atoms with van der Waals surface area (Å²) in [5, 5.41) is 0.466. The summed E-state index contributed by atoms with van der Waals surface area (Å²) in [5.74, 6) is -1.16. The van der Waals surface area contributed by atoms with E-state index in [2.05, 4.69) is 0 Å². The molecule has 1 aromatic carbocycles. The van der Waals surface area contributed by atoms with E-state index < -0.39 is 6.04 Å². The third-order valence-electron chi connectivity index (χ3n) is 4.81. The average Bonchev–Trinajstić information content (AvgIpc) is 2.92. The minimum absolute atomic E-state index is 0.0667. The lowest BCUT2D eigenvalue weighted by atomic mass is 9.96. The summed E-state index contributed by atoms with van der Waals surface area (Å²) < 4.78 is 5.10.